The standard InChI is InChI=1S/C21H21N3O5/c1-12-9-16(23-29-12)24-11-21-8-7-15(28-21)17(18(21)20(24)26)19(25)22-10-13-3-5-14(27-2)6-4-13/h3-9,15,17-18H,10-11H2,1-2H3,(H,22,25)/t15-,17+,18-,21+/m1/s1. The second-order valence-corrected chi connectivity index (χ2v) is 7.69. The largest absolute Gasteiger partial charge is 0.497 e. The molecule has 2 bridgehead atoms. The van der Waals surface area contributed by atoms with Gasteiger partial charge in [0.05, 0.1) is 31.6 Å². The van der Waals surface area contributed by atoms with E-state index in [1.54, 1.807) is 25.0 Å². The van der Waals surface area contributed by atoms with Gasteiger partial charge in [-0.1, -0.05) is 29.4 Å². The molecule has 0 saturated carbocycles. The molecule has 5 rings (SSSR count). The number of amides is 2. The van der Waals surface area contributed by atoms with Crippen LogP contribution in [0.2, 0.25) is 0 Å². The topological polar surface area (TPSA) is 93.9 Å². The minimum atomic E-state index is -0.781. The Bertz CT molecular complexity index is 998. The van der Waals surface area contributed by atoms with Crippen molar-refractivity contribution < 1.29 is 23.6 Å². The van der Waals surface area contributed by atoms with Crippen LogP contribution in [0.15, 0.2) is 47.0 Å². The lowest BCUT2D eigenvalue weighted by Gasteiger charge is -2.23. The number of carbonyl (C=O) groups excluding carboxylic acids is 2. The van der Waals surface area contributed by atoms with Crippen LogP contribution in [0, 0.1) is 18.8 Å². The molecule has 29 heavy (non-hydrogen) atoms. The van der Waals surface area contributed by atoms with E-state index in [1.807, 2.05) is 36.4 Å². The first-order chi connectivity index (χ1) is 14.0. The number of methoxy groups -OCH3 is 1. The summed E-state index contributed by atoms with van der Waals surface area (Å²) in [4.78, 5) is 27.7. The number of nitrogens with one attached hydrogen (secondary N) is 1. The first-order valence-corrected chi connectivity index (χ1v) is 9.53. The number of ether oxygens (including phenoxy) is 2. The maximum atomic E-state index is 13.2. The highest BCUT2D eigenvalue weighted by molar-refractivity contribution is 6.02. The Morgan fingerprint density at radius 2 is 2.17 bits per heavy atom. The monoisotopic (exact) mass is 395 g/mol. The predicted molar refractivity (Wildman–Crippen MR) is 102 cm³/mol. The summed E-state index contributed by atoms with van der Waals surface area (Å²) in [5, 5.41) is 6.91. The summed E-state index contributed by atoms with van der Waals surface area (Å²) in [6.45, 7) is 2.47. The highest BCUT2D eigenvalue weighted by atomic mass is 16.5. The maximum absolute atomic E-state index is 13.2. The summed E-state index contributed by atoms with van der Waals surface area (Å²) >= 11 is 0. The minimum absolute atomic E-state index is 0.158. The number of fused-ring (bicyclic) bond motifs is 1. The van der Waals surface area contributed by atoms with Crippen molar-refractivity contribution in [3.05, 3.63) is 53.8 Å². The van der Waals surface area contributed by atoms with Gasteiger partial charge in [0.1, 0.15) is 17.1 Å². The fourth-order valence-corrected chi connectivity index (χ4v) is 4.52. The summed E-state index contributed by atoms with van der Waals surface area (Å²) in [5.41, 5.74) is 0.169. The van der Waals surface area contributed by atoms with Gasteiger partial charge in [-0.3, -0.25) is 14.5 Å². The molecule has 4 heterocycles. The number of carbonyl (C=O) groups is 2. The van der Waals surface area contributed by atoms with Crippen molar-refractivity contribution >= 4 is 17.6 Å². The van der Waals surface area contributed by atoms with Crippen LogP contribution in [0.5, 0.6) is 5.75 Å². The molecule has 2 saturated heterocycles. The van der Waals surface area contributed by atoms with Gasteiger partial charge in [0.15, 0.2) is 5.82 Å². The first-order valence-electron chi connectivity index (χ1n) is 9.53. The second-order valence-electron chi connectivity index (χ2n) is 7.69. The van der Waals surface area contributed by atoms with Crippen LogP contribution in [0.4, 0.5) is 5.82 Å². The van der Waals surface area contributed by atoms with Crippen LogP contribution in [-0.4, -0.2) is 42.3 Å². The molecule has 8 heteroatoms. The van der Waals surface area contributed by atoms with E-state index in [4.69, 9.17) is 14.0 Å². The van der Waals surface area contributed by atoms with Gasteiger partial charge >= 0.3 is 0 Å². The van der Waals surface area contributed by atoms with Crippen LogP contribution >= 0.6 is 0 Å². The van der Waals surface area contributed by atoms with Gasteiger partial charge in [0.2, 0.25) is 11.8 Å². The van der Waals surface area contributed by atoms with E-state index in [9.17, 15) is 9.59 Å². The lowest BCUT2D eigenvalue weighted by Crippen LogP contribution is -2.44. The normalized spacial score (nSPS) is 29.4. The summed E-state index contributed by atoms with van der Waals surface area (Å²) in [5.74, 6) is 0.358. The molecule has 0 radical (unpaired) electrons. The Morgan fingerprint density at radius 1 is 1.38 bits per heavy atom. The van der Waals surface area contributed by atoms with Crippen LogP contribution in [0.1, 0.15) is 11.3 Å². The molecular formula is C21H21N3O5. The summed E-state index contributed by atoms with van der Waals surface area (Å²) in [7, 11) is 1.61. The summed E-state index contributed by atoms with van der Waals surface area (Å²) < 4.78 is 16.4. The molecule has 150 valence electrons. The zero-order chi connectivity index (χ0) is 20.2. The Morgan fingerprint density at radius 3 is 2.86 bits per heavy atom. The molecule has 3 aliphatic heterocycles. The highest BCUT2D eigenvalue weighted by Crippen LogP contribution is 2.52. The van der Waals surface area contributed by atoms with E-state index in [-0.39, 0.29) is 17.9 Å². The lowest BCUT2D eigenvalue weighted by molar-refractivity contribution is -0.132. The second kappa shape index (κ2) is 6.45. The van der Waals surface area contributed by atoms with E-state index in [0.717, 1.165) is 11.3 Å². The number of aryl methyl sites for hydroxylation is 1. The smallest absolute Gasteiger partial charge is 0.235 e. The Kier molecular flexibility index (Phi) is 3.99. The average molecular weight is 395 g/mol. The molecule has 8 nitrogen and oxygen atoms in total. The fraction of sp³-hybridized carbons (Fsp3) is 0.381. The van der Waals surface area contributed by atoms with Crippen LogP contribution in [0.25, 0.3) is 0 Å². The number of anilines is 1. The molecule has 2 fully saturated rings. The van der Waals surface area contributed by atoms with Gasteiger partial charge in [-0.15, -0.1) is 0 Å². The van der Waals surface area contributed by atoms with Crippen molar-refractivity contribution in [1.82, 2.24) is 10.5 Å². The maximum Gasteiger partial charge on any atom is 0.235 e. The van der Waals surface area contributed by atoms with Crippen molar-refractivity contribution in [2.75, 3.05) is 18.6 Å². The molecular weight excluding hydrogens is 374 g/mol. The third-order valence-corrected chi connectivity index (χ3v) is 5.92. The van der Waals surface area contributed by atoms with Gasteiger partial charge in [0, 0.05) is 12.6 Å². The zero-order valence-electron chi connectivity index (χ0n) is 16.1. The number of hydrogen-bond donors (Lipinski definition) is 1. The predicted octanol–water partition coefficient (Wildman–Crippen LogP) is 1.59. The molecule has 2 amide bonds. The molecule has 1 aromatic heterocycles. The minimum Gasteiger partial charge on any atom is -0.497 e. The molecule has 0 aliphatic carbocycles. The van der Waals surface area contributed by atoms with Gasteiger partial charge in [-0.25, -0.2) is 0 Å². The van der Waals surface area contributed by atoms with Gasteiger partial charge in [0.25, 0.3) is 0 Å². The zero-order valence-corrected chi connectivity index (χ0v) is 16.1. The van der Waals surface area contributed by atoms with Crippen molar-refractivity contribution in [2.45, 2.75) is 25.2 Å². The summed E-state index contributed by atoms with van der Waals surface area (Å²) in [6.07, 6.45) is 3.42. The molecule has 1 spiro atoms. The lowest BCUT2D eigenvalue weighted by atomic mass is 9.77. The van der Waals surface area contributed by atoms with Crippen molar-refractivity contribution in [1.29, 1.82) is 0 Å². The van der Waals surface area contributed by atoms with E-state index in [0.29, 0.717) is 24.7 Å². The van der Waals surface area contributed by atoms with Gasteiger partial charge in [-0.2, -0.15) is 0 Å². The van der Waals surface area contributed by atoms with E-state index in [2.05, 4.69) is 10.5 Å². The Balaban J connectivity index is 1.33. The van der Waals surface area contributed by atoms with Crippen LogP contribution in [-0.2, 0) is 20.9 Å². The number of hydrogen-bond acceptors (Lipinski definition) is 6. The number of benzene rings is 1. The molecule has 1 aromatic carbocycles. The van der Waals surface area contributed by atoms with Crippen molar-refractivity contribution in [3.8, 4) is 5.75 Å². The summed E-state index contributed by atoms with van der Waals surface area (Å²) in [6, 6.07) is 9.20. The molecule has 1 N–H and O–H groups in total. The number of nitrogens with zero attached hydrogens (tertiary/aromatic N) is 2. The SMILES string of the molecule is COc1ccc(CNC(=O)[C@H]2[C@H]3C=C[C@@]4(CN(c5cc(C)on5)C(=O)[C@@H]24)O3)cc1. The van der Waals surface area contributed by atoms with Gasteiger partial charge < -0.3 is 19.3 Å². The first kappa shape index (κ1) is 17.9. The van der Waals surface area contributed by atoms with Gasteiger partial charge in [-0.05, 0) is 24.6 Å². The van der Waals surface area contributed by atoms with Crippen LogP contribution in [0.3, 0.4) is 0 Å². The quantitative estimate of drug-likeness (QED) is 0.773. The molecule has 0 unspecified atom stereocenters. The third kappa shape index (κ3) is 2.74. The molecule has 3 aliphatic rings. The van der Waals surface area contributed by atoms with E-state index < -0.39 is 17.4 Å². The van der Waals surface area contributed by atoms with Crippen LogP contribution < -0.4 is 15.0 Å². The average Bonchev–Trinajstić information content (AvgIpc) is 3.47. The Hall–Kier alpha value is -3.13. The number of aromatic nitrogens is 1. The third-order valence-electron chi connectivity index (χ3n) is 5.92. The molecule has 2 aromatic rings. The van der Waals surface area contributed by atoms with Crippen molar-refractivity contribution in [2.24, 2.45) is 11.8 Å². The van der Waals surface area contributed by atoms with E-state index >= 15 is 0 Å². The van der Waals surface area contributed by atoms with E-state index in [1.165, 1.54) is 0 Å². The fourth-order valence-electron chi connectivity index (χ4n) is 4.52. The number of rotatable bonds is 5. The molecule has 4 atom stereocenters. The highest BCUT2D eigenvalue weighted by Gasteiger charge is 2.67. The van der Waals surface area contributed by atoms with Crippen molar-refractivity contribution in [3.63, 3.8) is 0 Å². The Labute approximate surface area is 167 Å².